The highest BCUT2D eigenvalue weighted by Gasteiger charge is 2.20. The SMILES string of the molecule is CCCNC(CC(=O)O)c1cc(OC)c(OC)c(OC)c1. The van der Waals surface area contributed by atoms with E-state index in [0.717, 1.165) is 18.5 Å². The Labute approximate surface area is 125 Å². The Bertz CT molecular complexity index is 450. The fourth-order valence-electron chi connectivity index (χ4n) is 2.10. The summed E-state index contributed by atoms with van der Waals surface area (Å²) >= 11 is 0. The van der Waals surface area contributed by atoms with E-state index in [1.165, 1.54) is 21.3 Å². The molecule has 0 radical (unpaired) electrons. The van der Waals surface area contributed by atoms with Crippen LogP contribution in [0.25, 0.3) is 0 Å². The zero-order valence-electron chi connectivity index (χ0n) is 12.9. The molecule has 6 heteroatoms. The van der Waals surface area contributed by atoms with Gasteiger partial charge in [-0.1, -0.05) is 6.92 Å². The van der Waals surface area contributed by atoms with Crippen LogP contribution in [0.3, 0.4) is 0 Å². The highest BCUT2D eigenvalue weighted by Crippen LogP contribution is 2.40. The summed E-state index contributed by atoms with van der Waals surface area (Å²) in [6.45, 7) is 2.76. The highest BCUT2D eigenvalue weighted by atomic mass is 16.5. The summed E-state index contributed by atoms with van der Waals surface area (Å²) in [4.78, 5) is 11.1. The van der Waals surface area contributed by atoms with Crippen LogP contribution in [-0.4, -0.2) is 38.9 Å². The Balaban J connectivity index is 3.20. The van der Waals surface area contributed by atoms with E-state index in [4.69, 9.17) is 19.3 Å². The summed E-state index contributed by atoms with van der Waals surface area (Å²) in [7, 11) is 4.60. The molecule has 0 saturated carbocycles. The summed E-state index contributed by atoms with van der Waals surface area (Å²) in [5.41, 5.74) is 0.792. The molecule has 0 aliphatic carbocycles. The second kappa shape index (κ2) is 8.36. The van der Waals surface area contributed by atoms with Crippen LogP contribution >= 0.6 is 0 Å². The van der Waals surface area contributed by atoms with Crippen LogP contribution in [0.1, 0.15) is 31.4 Å². The maximum Gasteiger partial charge on any atom is 0.305 e. The van der Waals surface area contributed by atoms with Gasteiger partial charge in [-0.15, -0.1) is 0 Å². The number of nitrogens with one attached hydrogen (secondary N) is 1. The van der Waals surface area contributed by atoms with E-state index in [1.54, 1.807) is 12.1 Å². The van der Waals surface area contributed by atoms with Crippen molar-refractivity contribution in [1.82, 2.24) is 5.32 Å². The van der Waals surface area contributed by atoms with Crippen molar-refractivity contribution in [3.63, 3.8) is 0 Å². The molecule has 6 nitrogen and oxygen atoms in total. The lowest BCUT2D eigenvalue weighted by molar-refractivity contribution is -0.137. The Morgan fingerprint density at radius 1 is 1.19 bits per heavy atom. The molecule has 118 valence electrons. The monoisotopic (exact) mass is 297 g/mol. The maximum absolute atomic E-state index is 11.1. The summed E-state index contributed by atoms with van der Waals surface area (Å²) in [6.07, 6.45) is 0.902. The molecule has 0 bridgehead atoms. The fourth-order valence-corrected chi connectivity index (χ4v) is 2.10. The average molecular weight is 297 g/mol. The molecule has 1 aromatic rings. The molecule has 0 fully saturated rings. The molecule has 0 spiro atoms. The summed E-state index contributed by atoms with van der Waals surface area (Å²) < 4.78 is 15.9. The molecule has 0 amide bonds. The van der Waals surface area contributed by atoms with Gasteiger partial charge in [-0.05, 0) is 30.7 Å². The first-order chi connectivity index (χ1) is 10.1. The van der Waals surface area contributed by atoms with Gasteiger partial charge in [-0.25, -0.2) is 0 Å². The summed E-state index contributed by atoms with van der Waals surface area (Å²) in [5, 5.41) is 12.3. The van der Waals surface area contributed by atoms with Crippen molar-refractivity contribution in [3.05, 3.63) is 17.7 Å². The number of hydrogen-bond donors (Lipinski definition) is 2. The quantitative estimate of drug-likeness (QED) is 0.728. The number of carbonyl (C=O) groups is 1. The van der Waals surface area contributed by atoms with Crippen LogP contribution in [0.2, 0.25) is 0 Å². The van der Waals surface area contributed by atoms with Crippen LogP contribution in [0, 0.1) is 0 Å². The minimum atomic E-state index is -0.864. The predicted molar refractivity (Wildman–Crippen MR) is 79.4 cm³/mol. The molecular formula is C15H23NO5. The van der Waals surface area contributed by atoms with E-state index < -0.39 is 5.97 Å². The van der Waals surface area contributed by atoms with Crippen LogP contribution in [-0.2, 0) is 4.79 Å². The van der Waals surface area contributed by atoms with Gasteiger partial charge in [-0.2, -0.15) is 0 Å². The Kier molecular flexibility index (Phi) is 6.81. The number of carboxylic acid groups (broad SMARTS) is 1. The molecule has 0 aliphatic rings. The minimum absolute atomic E-state index is 0.0152. The van der Waals surface area contributed by atoms with Crippen LogP contribution in [0.5, 0.6) is 17.2 Å². The molecule has 1 unspecified atom stereocenters. The molecule has 21 heavy (non-hydrogen) atoms. The van der Waals surface area contributed by atoms with E-state index in [2.05, 4.69) is 5.32 Å². The lowest BCUT2D eigenvalue weighted by Crippen LogP contribution is -2.24. The van der Waals surface area contributed by atoms with Gasteiger partial charge < -0.3 is 24.6 Å². The second-order valence-electron chi connectivity index (χ2n) is 4.56. The average Bonchev–Trinajstić information content (AvgIpc) is 2.49. The van der Waals surface area contributed by atoms with Crippen LogP contribution in [0.4, 0.5) is 0 Å². The first-order valence-electron chi connectivity index (χ1n) is 6.82. The molecule has 2 N–H and O–H groups in total. The number of carboxylic acids is 1. The van der Waals surface area contributed by atoms with E-state index in [9.17, 15) is 4.79 Å². The zero-order chi connectivity index (χ0) is 15.8. The van der Waals surface area contributed by atoms with Crippen molar-refractivity contribution in [2.45, 2.75) is 25.8 Å². The van der Waals surface area contributed by atoms with E-state index in [-0.39, 0.29) is 12.5 Å². The van der Waals surface area contributed by atoms with E-state index in [1.807, 2.05) is 6.92 Å². The van der Waals surface area contributed by atoms with Crippen LogP contribution < -0.4 is 19.5 Å². The van der Waals surface area contributed by atoms with Crippen molar-refractivity contribution in [2.24, 2.45) is 0 Å². The largest absolute Gasteiger partial charge is 0.493 e. The highest BCUT2D eigenvalue weighted by molar-refractivity contribution is 5.68. The van der Waals surface area contributed by atoms with E-state index in [0.29, 0.717) is 17.2 Å². The second-order valence-corrected chi connectivity index (χ2v) is 4.56. The lowest BCUT2D eigenvalue weighted by atomic mass is 10.0. The number of hydrogen-bond acceptors (Lipinski definition) is 5. The lowest BCUT2D eigenvalue weighted by Gasteiger charge is -2.20. The summed E-state index contributed by atoms with van der Waals surface area (Å²) in [6, 6.07) is 3.24. The van der Waals surface area contributed by atoms with Gasteiger partial charge in [0, 0.05) is 6.04 Å². The molecular weight excluding hydrogens is 274 g/mol. The third-order valence-corrected chi connectivity index (χ3v) is 3.11. The predicted octanol–water partition coefficient (Wildman–Crippen LogP) is 2.23. The first-order valence-corrected chi connectivity index (χ1v) is 6.82. The molecule has 0 heterocycles. The zero-order valence-corrected chi connectivity index (χ0v) is 12.9. The topological polar surface area (TPSA) is 77.0 Å². The van der Waals surface area contributed by atoms with Gasteiger partial charge in [0.15, 0.2) is 11.5 Å². The first kappa shape index (κ1) is 17.1. The van der Waals surface area contributed by atoms with Crippen molar-refractivity contribution in [2.75, 3.05) is 27.9 Å². The van der Waals surface area contributed by atoms with Gasteiger partial charge >= 0.3 is 5.97 Å². The summed E-state index contributed by atoms with van der Waals surface area (Å²) in [5.74, 6) is 0.659. The molecule has 1 rings (SSSR count). The number of ether oxygens (including phenoxy) is 3. The van der Waals surface area contributed by atoms with E-state index >= 15 is 0 Å². The standard InChI is InChI=1S/C15H23NO5/c1-5-6-16-11(9-14(17)18)10-7-12(19-2)15(21-4)13(8-10)20-3/h7-8,11,16H,5-6,9H2,1-4H3,(H,17,18). The minimum Gasteiger partial charge on any atom is -0.493 e. The van der Waals surface area contributed by atoms with Crippen molar-refractivity contribution < 1.29 is 24.1 Å². The van der Waals surface area contributed by atoms with Gasteiger partial charge in [0.2, 0.25) is 5.75 Å². The third kappa shape index (κ3) is 4.53. The van der Waals surface area contributed by atoms with Crippen molar-refractivity contribution in [3.8, 4) is 17.2 Å². The van der Waals surface area contributed by atoms with Crippen LogP contribution in [0.15, 0.2) is 12.1 Å². The smallest absolute Gasteiger partial charge is 0.305 e. The Hall–Kier alpha value is -1.95. The fraction of sp³-hybridized carbons (Fsp3) is 0.533. The maximum atomic E-state index is 11.1. The number of aliphatic carboxylic acids is 1. The van der Waals surface area contributed by atoms with Gasteiger partial charge in [0.25, 0.3) is 0 Å². The molecule has 0 aromatic heterocycles. The number of methoxy groups -OCH3 is 3. The van der Waals surface area contributed by atoms with Gasteiger partial charge in [0.05, 0.1) is 27.8 Å². The Morgan fingerprint density at radius 2 is 1.76 bits per heavy atom. The van der Waals surface area contributed by atoms with Gasteiger partial charge in [-0.3, -0.25) is 4.79 Å². The number of rotatable bonds is 9. The molecule has 0 saturated heterocycles. The van der Waals surface area contributed by atoms with Crippen molar-refractivity contribution >= 4 is 5.97 Å². The molecule has 1 aromatic carbocycles. The molecule has 0 aliphatic heterocycles. The van der Waals surface area contributed by atoms with Gasteiger partial charge in [0.1, 0.15) is 0 Å². The third-order valence-electron chi connectivity index (χ3n) is 3.11. The number of benzene rings is 1. The normalized spacial score (nSPS) is 11.8. The Morgan fingerprint density at radius 3 is 2.14 bits per heavy atom. The molecule has 1 atom stereocenters. The van der Waals surface area contributed by atoms with Crippen molar-refractivity contribution in [1.29, 1.82) is 0 Å².